The summed E-state index contributed by atoms with van der Waals surface area (Å²) in [4.78, 5) is 20.2. The van der Waals surface area contributed by atoms with E-state index in [1.807, 2.05) is 6.92 Å². The third-order valence-electron chi connectivity index (χ3n) is 4.30. The van der Waals surface area contributed by atoms with Crippen molar-refractivity contribution in [1.82, 2.24) is 15.1 Å². The predicted molar refractivity (Wildman–Crippen MR) is 105 cm³/mol. The molecule has 0 aromatic heterocycles. The highest BCUT2D eigenvalue weighted by Gasteiger charge is 2.23. The van der Waals surface area contributed by atoms with Gasteiger partial charge in [0.1, 0.15) is 0 Å². The van der Waals surface area contributed by atoms with Crippen molar-refractivity contribution in [1.29, 1.82) is 0 Å². The molecule has 1 aliphatic heterocycles. The molecular formula is C19H28F2N4O4. The summed E-state index contributed by atoms with van der Waals surface area (Å²) >= 11 is 0. The van der Waals surface area contributed by atoms with Gasteiger partial charge in [-0.1, -0.05) is 6.07 Å². The molecule has 1 saturated heterocycles. The number of carbonyl (C=O) groups excluding carboxylic acids is 1. The van der Waals surface area contributed by atoms with Crippen molar-refractivity contribution in [3.05, 3.63) is 23.8 Å². The molecule has 0 spiro atoms. The van der Waals surface area contributed by atoms with Gasteiger partial charge in [-0.2, -0.15) is 8.78 Å². The smallest absolute Gasteiger partial charge is 0.409 e. The molecule has 0 saturated carbocycles. The van der Waals surface area contributed by atoms with E-state index in [2.05, 4.69) is 19.9 Å². The highest BCUT2D eigenvalue weighted by Crippen LogP contribution is 2.29. The van der Waals surface area contributed by atoms with Gasteiger partial charge in [0.05, 0.1) is 20.3 Å². The van der Waals surface area contributed by atoms with Crippen molar-refractivity contribution < 1.29 is 27.8 Å². The Morgan fingerprint density at radius 2 is 1.86 bits per heavy atom. The van der Waals surface area contributed by atoms with Crippen LogP contribution in [0.25, 0.3) is 0 Å². The van der Waals surface area contributed by atoms with Crippen LogP contribution >= 0.6 is 0 Å². The van der Waals surface area contributed by atoms with Gasteiger partial charge in [-0.25, -0.2) is 9.79 Å². The monoisotopic (exact) mass is 414 g/mol. The molecule has 1 aliphatic rings. The third-order valence-corrected chi connectivity index (χ3v) is 4.30. The molecule has 0 aliphatic carbocycles. The summed E-state index contributed by atoms with van der Waals surface area (Å²) in [6.45, 7) is 4.44. The Hall–Kier alpha value is -2.78. The van der Waals surface area contributed by atoms with Crippen LogP contribution in [0.2, 0.25) is 0 Å². The van der Waals surface area contributed by atoms with Crippen LogP contribution in [0.5, 0.6) is 11.5 Å². The Balaban J connectivity index is 2.05. The lowest BCUT2D eigenvalue weighted by atomic mass is 10.2. The lowest BCUT2D eigenvalue weighted by Gasteiger charge is -2.35. The topological polar surface area (TPSA) is 75.6 Å². The lowest BCUT2D eigenvalue weighted by molar-refractivity contribution is -0.0512. The number of guanidine groups is 1. The van der Waals surface area contributed by atoms with E-state index in [0.29, 0.717) is 50.9 Å². The van der Waals surface area contributed by atoms with Gasteiger partial charge in [-0.15, -0.1) is 0 Å². The van der Waals surface area contributed by atoms with Crippen LogP contribution < -0.4 is 14.8 Å². The van der Waals surface area contributed by atoms with E-state index in [4.69, 9.17) is 9.47 Å². The molecule has 2 rings (SSSR count). The van der Waals surface area contributed by atoms with Crippen LogP contribution in [-0.4, -0.2) is 74.9 Å². The standard InChI is InChI=1S/C19H28F2N4O4/c1-4-22-18(24-8-10-25(11-9-24)19(26)28-5-2)23-13-14-6-7-15(27-3)16(12-14)29-17(20)21/h6-7,12,17H,4-5,8-11,13H2,1-3H3,(H,22,23). The number of halogens is 2. The molecular weight excluding hydrogens is 386 g/mol. The third kappa shape index (κ3) is 6.65. The van der Waals surface area contributed by atoms with Crippen molar-refractivity contribution in [2.45, 2.75) is 27.0 Å². The SMILES string of the molecule is CCNC(=NCc1ccc(OC)c(OC(F)F)c1)N1CCN(C(=O)OCC)CC1. The highest BCUT2D eigenvalue weighted by atomic mass is 19.3. The van der Waals surface area contributed by atoms with Gasteiger partial charge in [0.2, 0.25) is 0 Å². The Morgan fingerprint density at radius 3 is 2.45 bits per heavy atom. The maximum Gasteiger partial charge on any atom is 0.409 e. The Kier molecular flexibility index (Phi) is 8.75. The van der Waals surface area contributed by atoms with Crippen LogP contribution in [0.1, 0.15) is 19.4 Å². The molecule has 8 nitrogen and oxygen atoms in total. The Bertz CT molecular complexity index is 695. The molecule has 1 amide bonds. The van der Waals surface area contributed by atoms with E-state index in [-0.39, 0.29) is 24.1 Å². The zero-order chi connectivity index (χ0) is 21.2. The number of alkyl halides is 2. The lowest BCUT2D eigenvalue weighted by Crippen LogP contribution is -2.53. The number of amides is 1. The fourth-order valence-corrected chi connectivity index (χ4v) is 2.92. The first kappa shape index (κ1) is 22.5. The molecule has 1 heterocycles. The highest BCUT2D eigenvalue weighted by molar-refractivity contribution is 5.80. The van der Waals surface area contributed by atoms with Crippen molar-refractivity contribution in [3.63, 3.8) is 0 Å². The zero-order valence-corrected chi connectivity index (χ0v) is 17.0. The minimum Gasteiger partial charge on any atom is -0.493 e. The van der Waals surface area contributed by atoms with Gasteiger partial charge in [0.25, 0.3) is 0 Å². The average Bonchev–Trinajstić information content (AvgIpc) is 2.71. The summed E-state index contributed by atoms with van der Waals surface area (Å²) in [5, 5.41) is 3.23. The maximum atomic E-state index is 12.6. The van der Waals surface area contributed by atoms with Gasteiger partial charge >= 0.3 is 12.7 Å². The predicted octanol–water partition coefficient (Wildman–Crippen LogP) is 2.54. The normalized spacial score (nSPS) is 14.8. The van der Waals surface area contributed by atoms with E-state index in [1.165, 1.54) is 13.2 Å². The van der Waals surface area contributed by atoms with E-state index < -0.39 is 6.61 Å². The summed E-state index contributed by atoms with van der Waals surface area (Å²) in [6.07, 6.45) is -0.307. The largest absolute Gasteiger partial charge is 0.493 e. The van der Waals surface area contributed by atoms with Gasteiger partial charge in [0.15, 0.2) is 17.5 Å². The first-order valence-corrected chi connectivity index (χ1v) is 9.55. The van der Waals surface area contributed by atoms with E-state index in [0.717, 1.165) is 0 Å². The number of rotatable bonds is 7. The first-order chi connectivity index (χ1) is 14.0. The number of nitrogens with zero attached hydrogens (tertiary/aromatic N) is 3. The minimum atomic E-state index is -2.93. The van der Waals surface area contributed by atoms with Crippen LogP contribution in [0, 0.1) is 0 Å². The number of methoxy groups -OCH3 is 1. The second-order valence-electron chi connectivity index (χ2n) is 6.21. The zero-order valence-electron chi connectivity index (χ0n) is 17.0. The maximum absolute atomic E-state index is 12.6. The van der Waals surface area contributed by atoms with E-state index in [9.17, 15) is 13.6 Å². The second kappa shape index (κ2) is 11.3. The summed E-state index contributed by atoms with van der Waals surface area (Å²) in [6, 6.07) is 4.83. The second-order valence-corrected chi connectivity index (χ2v) is 6.21. The van der Waals surface area contributed by atoms with Crippen LogP contribution in [0.15, 0.2) is 23.2 Å². The number of aliphatic imine (C=N–C) groups is 1. The number of carbonyl (C=O) groups is 1. The Labute approximate surface area is 169 Å². The first-order valence-electron chi connectivity index (χ1n) is 9.55. The molecule has 10 heteroatoms. The number of hydrogen-bond acceptors (Lipinski definition) is 5. The minimum absolute atomic E-state index is 0.0248. The van der Waals surface area contributed by atoms with Crippen molar-refractivity contribution in [2.75, 3.05) is 46.4 Å². The number of ether oxygens (including phenoxy) is 3. The molecule has 1 N–H and O–H groups in total. The number of nitrogens with one attached hydrogen (secondary N) is 1. The summed E-state index contributed by atoms with van der Waals surface area (Å²) in [5.41, 5.74) is 0.710. The quantitative estimate of drug-likeness (QED) is 0.546. The molecule has 1 aromatic rings. The van der Waals surface area contributed by atoms with Gasteiger partial charge in [-0.3, -0.25) is 0 Å². The van der Waals surface area contributed by atoms with Crippen molar-refractivity contribution in [2.24, 2.45) is 4.99 Å². The fourth-order valence-electron chi connectivity index (χ4n) is 2.92. The van der Waals surface area contributed by atoms with Crippen LogP contribution in [0.4, 0.5) is 13.6 Å². The molecule has 1 fully saturated rings. The van der Waals surface area contributed by atoms with E-state index in [1.54, 1.807) is 24.0 Å². The number of benzene rings is 1. The summed E-state index contributed by atoms with van der Waals surface area (Å²) < 4.78 is 39.8. The van der Waals surface area contributed by atoms with Gasteiger partial charge < -0.3 is 29.3 Å². The molecule has 0 bridgehead atoms. The number of piperazine rings is 1. The van der Waals surface area contributed by atoms with Crippen LogP contribution in [0.3, 0.4) is 0 Å². The van der Waals surface area contributed by atoms with E-state index >= 15 is 0 Å². The molecule has 0 unspecified atom stereocenters. The molecule has 0 atom stereocenters. The molecule has 0 radical (unpaired) electrons. The van der Waals surface area contributed by atoms with Gasteiger partial charge in [0, 0.05) is 32.7 Å². The summed E-state index contributed by atoms with van der Waals surface area (Å²) in [7, 11) is 1.39. The molecule has 1 aromatic carbocycles. The number of hydrogen-bond donors (Lipinski definition) is 1. The Morgan fingerprint density at radius 1 is 1.17 bits per heavy atom. The molecule has 162 valence electrons. The summed E-state index contributed by atoms with van der Waals surface area (Å²) in [5.74, 6) is 0.909. The average molecular weight is 414 g/mol. The van der Waals surface area contributed by atoms with Gasteiger partial charge in [-0.05, 0) is 31.5 Å². The van der Waals surface area contributed by atoms with Crippen molar-refractivity contribution in [3.8, 4) is 11.5 Å². The molecule has 29 heavy (non-hydrogen) atoms. The van der Waals surface area contributed by atoms with Crippen LogP contribution in [-0.2, 0) is 11.3 Å². The fraction of sp³-hybridized carbons (Fsp3) is 0.579. The van der Waals surface area contributed by atoms with Crippen molar-refractivity contribution >= 4 is 12.1 Å².